The number of amides is 1. The summed E-state index contributed by atoms with van der Waals surface area (Å²) in [5.74, 6) is 0.890. The van der Waals surface area contributed by atoms with E-state index in [0.717, 1.165) is 10.0 Å². The van der Waals surface area contributed by atoms with Crippen LogP contribution in [0.1, 0.15) is 5.56 Å². The molecule has 0 fully saturated rings. The summed E-state index contributed by atoms with van der Waals surface area (Å²) >= 11 is 3.38. The van der Waals surface area contributed by atoms with Gasteiger partial charge in [0, 0.05) is 15.8 Å². The number of anilines is 2. The third kappa shape index (κ3) is 6.22. The van der Waals surface area contributed by atoms with Crippen LogP contribution in [0, 0.1) is 6.92 Å². The van der Waals surface area contributed by atoms with Crippen LogP contribution < -0.4 is 19.5 Å². The first kappa shape index (κ1) is 22.6. The number of hydrogen-bond donors (Lipinski definition) is 2. The van der Waals surface area contributed by atoms with E-state index in [0.29, 0.717) is 22.9 Å². The smallest absolute Gasteiger partial charge is 0.262 e. The van der Waals surface area contributed by atoms with Crippen molar-refractivity contribution < 1.29 is 22.7 Å². The molecule has 0 saturated carbocycles. The average molecular weight is 505 g/mol. The van der Waals surface area contributed by atoms with Crippen LogP contribution in [-0.4, -0.2) is 28.0 Å². The molecule has 0 aliphatic rings. The van der Waals surface area contributed by atoms with Crippen LogP contribution in [0.15, 0.2) is 76.1 Å². The van der Waals surface area contributed by atoms with Gasteiger partial charge in [0.2, 0.25) is 0 Å². The standard InChI is InChI=1S/C22H21BrN2O5S/c1-15-13-16(23)3-12-21(15)30-14-22(26)24-17-6-10-20(11-7-17)31(27,28)25-18-4-8-19(29-2)9-5-18/h3-13,25H,14H2,1-2H3,(H,24,26). The average Bonchev–Trinajstić information content (AvgIpc) is 2.74. The van der Waals surface area contributed by atoms with Gasteiger partial charge >= 0.3 is 0 Å². The molecule has 31 heavy (non-hydrogen) atoms. The normalized spacial score (nSPS) is 10.9. The van der Waals surface area contributed by atoms with Crippen LogP contribution >= 0.6 is 15.9 Å². The molecule has 0 spiro atoms. The Morgan fingerprint density at radius 1 is 0.968 bits per heavy atom. The number of ether oxygens (including phenoxy) is 2. The van der Waals surface area contributed by atoms with Gasteiger partial charge in [-0.05, 0) is 79.2 Å². The number of halogens is 1. The van der Waals surface area contributed by atoms with Crippen molar-refractivity contribution in [2.75, 3.05) is 23.8 Å². The first-order valence-electron chi connectivity index (χ1n) is 9.22. The zero-order valence-corrected chi connectivity index (χ0v) is 19.3. The fourth-order valence-corrected chi connectivity index (χ4v) is 4.24. The van der Waals surface area contributed by atoms with Crippen molar-refractivity contribution in [1.29, 1.82) is 0 Å². The predicted molar refractivity (Wildman–Crippen MR) is 123 cm³/mol. The number of carbonyl (C=O) groups excluding carboxylic acids is 1. The second-order valence-electron chi connectivity index (χ2n) is 6.61. The molecule has 3 rings (SSSR count). The van der Waals surface area contributed by atoms with Gasteiger partial charge in [-0.15, -0.1) is 0 Å². The van der Waals surface area contributed by atoms with Crippen molar-refractivity contribution in [1.82, 2.24) is 0 Å². The molecule has 0 saturated heterocycles. The van der Waals surface area contributed by atoms with E-state index in [1.165, 1.54) is 31.4 Å². The summed E-state index contributed by atoms with van der Waals surface area (Å²) in [5, 5.41) is 2.68. The quantitative estimate of drug-likeness (QED) is 0.468. The lowest BCUT2D eigenvalue weighted by molar-refractivity contribution is -0.118. The summed E-state index contributed by atoms with van der Waals surface area (Å²) in [5.41, 5.74) is 1.78. The SMILES string of the molecule is COc1ccc(NS(=O)(=O)c2ccc(NC(=O)COc3ccc(Br)cc3C)cc2)cc1. The van der Waals surface area contributed by atoms with E-state index in [1.807, 2.05) is 19.1 Å². The molecule has 0 unspecified atom stereocenters. The molecule has 0 aromatic heterocycles. The van der Waals surface area contributed by atoms with Crippen molar-refractivity contribution in [3.8, 4) is 11.5 Å². The van der Waals surface area contributed by atoms with Gasteiger partial charge in [0.05, 0.1) is 12.0 Å². The van der Waals surface area contributed by atoms with Crippen LogP contribution in [0.5, 0.6) is 11.5 Å². The Kier molecular flexibility index (Phi) is 7.19. The van der Waals surface area contributed by atoms with E-state index in [1.54, 1.807) is 30.3 Å². The van der Waals surface area contributed by atoms with Gasteiger partial charge in [-0.2, -0.15) is 0 Å². The van der Waals surface area contributed by atoms with E-state index in [4.69, 9.17) is 9.47 Å². The second kappa shape index (κ2) is 9.84. The van der Waals surface area contributed by atoms with Crippen LogP contribution in [0.4, 0.5) is 11.4 Å². The van der Waals surface area contributed by atoms with Crippen molar-refractivity contribution in [3.63, 3.8) is 0 Å². The highest BCUT2D eigenvalue weighted by atomic mass is 79.9. The topological polar surface area (TPSA) is 93.7 Å². The molecule has 162 valence electrons. The van der Waals surface area contributed by atoms with Gasteiger partial charge in [0.1, 0.15) is 11.5 Å². The largest absolute Gasteiger partial charge is 0.497 e. The molecular weight excluding hydrogens is 484 g/mol. The number of benzene rings is 3. The van der Waals surface area contributed by atoms with Crippen LogP contribution in [0.25, 0.3) is 0 Å². The summed E-state index contributed by atoms with van der Waals surface area (Å²) in [4.78, 5) is 12.2. The number of rotatable bonds is 8. The maximum Gasteiger partial charge on any atom is 0.262 e. The van der Waals surface area contributed by atoms with Crippen molar-refractivity contribution in [3.05, 3.63) is 76.8 Å². The molecular formula is C22H21BrN2O5S. The monoisotopic (exact) mass is 504 g/mol. The highest BCUT2D eigenvalue weighted by Crippen LogP contribution is 2.23. The third-order valence-electron chi connectivity index (χ3n) is 4.29. The van der Waals surface area contributed by atoms with Gasteiger partial charge in [-0.3, -0.25) is 9.52 Å². The number of nitrogens with one attached hydrogen (secondary N) is 2. The lowest BCUT2D eigenvalue weighted by Gasteiger charge is -2.11. The first-order chi connectivity index (χ1) is 14.8. The lowest BCUT2D eigenvalue weighted by atomic mass is 10.2. The molecule has 0 bridgehead atoms. The molecule has 0 aliphatic carbocycles. The Morgan fingerprint density at radius 2 is 1.61 bits per heavy atom. The highest BCUT2D eigenvalue weighted by molar-refractivity contribution is 9.10. The number of carbonyl (C=O) groups is 1. The molecule has 0 atom stereocenters. The van der Waals surface area contributed by atoms with Gasteiger partial charge < -0.3 is 14.8 Å². The minimum Gasteiger partial charge on any atom is -0.497 e. The van der Waals surface area contributed by atoms with E-state index >= 15 is 0 Å². The maximum atomic E-state index is 12.6. The second-order valence-corrected chi connectivity index (χ2v) is 9.20. The van der Waals surface area contributed by atoms with Gasteiger partial charge in [0.15, 0.2) is 6.61 Å². The van der Waals surface area contributed by atoms with E-state index in [2.05, 4.69) is 26.0 Å². The molecule has 0 radical (unpaired) electrons. The minimum atomic E-state index is -3.76. The molecule has 3 aromatic carbocycles. The Balaban J connectivity index is 1.58. The molecule has 1 amide bonds. The summed E-state index contributed by atoms with van der Waals surface area (Å²) in [6.45, 7) is 1.72. The van der Waals surface area contributed by atoms with E-state index < -0.39 is 10.0 Å². The summed E-state index contributed by atoms with van der Waals surface area (Å²) in [6, 6.07) is 17.9. The number of aryl methyl sites for hydroxylation is 1. The van der Waals surface area contributed by atoms with Crippen LogP contribution in [-0.2, 0) is 14.8 Å². The summed E-state index contributed by atoms with van der Waals surface area (Å²) < 4.78 is 39.1. The molecule has 7 nitrogen and oxygen atoms in total. The molecule has 0 heterocycles. The van der Waals surface area contributed by atoms with Gasteiger partial charge in [-0.25, -0.2) is 8.42 Å². The fraction of sp³-hybridized carbons (Fsp3) is 0.136. The third-order valence-corrected chi connectivity index (χ3v) is 6.18. The number of methoxy groups -OCH3 is 1. The highest BCUT2D eigenvalue weighted by Gasteiger charge is 2.14. The fourth-order valence-electron chi connectivity index (χ4n) is 2.71. The Labute approximate surface area is 189 Å². The van der Waals surface area contributed by atoms with Gasteiger partial charge in [0.25, 0.3) is 15.9 Å². The first-order valence-corrected chi connectivity index (χ1v) is 11.5. The Bertz CT molecular complexity index is 1160. The minimum absolute atomic E-state index is 0.0723. The summed E-state index contributed by atoms with van der Waals surface area (Å²) in [7, 11) is -2.23. The van der Waals surface area contributed by atoms with Crippen molar-refractivity contribution in [2.24, 2.45) is 0 Å². The van der Waals surface area contributed by atoms with Crippen LogP contribution in [0.3, 0.4) is 0 Å². The van der Waals surface area contributed by atoms with Crippen molar-refractivity contribution in [2.45, 2.75) is 11.8 Å². The zero-order chi connectivity index (χ0) is 22.4. The zero-order valence-electron chi connectivity index (χ0n) is 16.9. The molecule has 0 aliphatic heterocycles. The Hall–Kier alpha value is -3.04. The maximum absolute atomic E-state index is 12.6. The van der Waals surface area contributed by atoms with E-state index in [9.17, 15) is 13.2 Å². The molecule has 3 aromatic rings. The molecule has 9 heteroatoms. The van der Waals surface area contributed by atoms with Crippen LogP contribution in [0.2, 0.25) is 0 Å². The van der Waals surface area contributed by atoms with E-state index in [-0.39, 0.29) is 17.4 Å². The van der Waals surface area contributed by atoms with Crippen molar-refractivity contribution >= 4 is 43.2 Å². The summed E-state index contributed by atoms with van der Waals surface area (Å²) in [6.07, 6.45) is 0. The number of sulfonamides is 1. The predicted octanol–water partition coefficient (Wildman–Crippen LogP) is 4.58. The van der Waals surface area contributed by atoms with Gasteiger partial charge in [-0.1, -0.05) is 15.9 Å². The Morgan fingerprint density at radius 3 is 2.23 bits per heavy atom. The number of hydrogen-bond acceptors (Lipinski definition) is 5. The molecule has 2 N–H and O–H groups in total. The lowest BCUT2D eigenvalue weighted by Crippen LogP contribution is -2.20.